The molecule has 0 unspecified atom stereocenters. The van der Waals surface area contributed by atoms with Crippen LogP contribution >= 0.6 is 0 Å². The number of carbonyl (C=O) groups is 11. The second-order valence-corrected chi connectivity index (χ2v) is 32.9. The van der Waals surface area contributed by atoms with Gasteiger partial charge in [-0.1, -0.05) is 127 Å². The molecule has 13 N–H and O–H groups in total. The Morgan fingerprint density at radius 2 is 1.14 bits per heavy atom. The number of rotatable bonds is 38. The molecule has 28 heteroatoms. The summed E-state index contributed by atoms with van der Waals surface area (Å²) >= 11 is 0. The van der Waals surface area contributed by atoms with E-state index in [2.05, 4.69) is 74.6 Å². The van der Waals surface area contributed by atoms with E-state index in [9.17, 15) is 57.8 Å². The van der Waals surface area contributed by atoms with Gasteiger partial charge in [-0.2, -0.15) is 0 Å². The number of carbonyl (C=O) groups excluding carboxylic acids is 10. The van der Waals surface area contributed by atoms with Crippen LogP contribution in [0.25, 0.3) is 11.6 Å². The van der Waals surface area contributed by atoms with Crippen LogP contribution < -0.4 is 58.9 Å². The highest BCUT2D eigenvalue weighted by atomic mass is 16.6. The fraction of sp³-hybridized carbons (Fsp3) is 0.517. The Morgan fingerprint density at radius 1 is 0.564 bits per heavy atom. The van der Waals surface area contributed by atoms with Crippen molar-refractivity contribution in [1.29, 1.82) is 0 Å². The summed E-state index contributed by atoms with van der Waals surface area (Å²) in [6.07, 6.45) is 8.35. The third kappa shape index (κ3) is 23.0. The average molecular weight is 1610 g/mol. The number of carboxylic acids is 1. The number of hydrogen-bond donors (Lipinski definition) is 11. The van der Waals surface area contributed by atoms with Crippen molar-refractivity contribution in [3.05, 3.63) is 154 Å². The lowest BCUT2D eigenvalue weighted by Crippen LogP contribution is -2.60. The summed E-state index contributed by atoms with van der Waals surface area (Å²) in [4.78, 5) is 150. The standard InChI is InChI=1S/C89H117N11O17/c1-56(2)78(98-75(102)36-43-113-45-47-115-49-50-116-48-46-114-44-42-92-74(101)33-34-76(103)100-54-62-16-9-8-15-61(62)51-57(3)66-17-10-11-19-71(66)100)81(108)96-69(18-12-41-93-84(91)111)79(106)94-64-27-20-58(21-28-64)55-117-85(112)97-70(30-35-77(104)105)80(107)95-65-29-23-60-25-32-73-87(5,68(60)53-65)38-14-40-89(73,7)83(110)99-82(109)88(6)39-13-37-86(4)67-52-63(90)26-22-59(67)24-31-72(86)88/h8-11,15-17,19-23,26-29,51-53,56,69-70,72-73,78H,12-14,18,24-25,30-50,54-55,90H2,1-7H3,(H,92,101)(H,94,106)(H,95,107)(H,96,108)(H,97,112)(H,98,102)(H,104,105)(H3,91,93,111)(H,99,109,110)/b57-51-/t69-,70-,72+,73+,78-,86+,87+,88-,89-/m0/s1. The highest BCUT2D eigenvalue weighted by molar-refractivity contribution is 6.03. The molecule has 0 spiro atoms. The van der Waals surface area contributed by atoms with E-state index in [1.165, 1.54) is 11.1 Å². The molecule has 5 aliphatic rings. The van der Waals surface area contributed by atoms with E-state index in [4.69, 9.17) is 35.2 Å². The van der Waals surface area contributed by atoms with E-state index < -0.39 is 88.4 Å². The highest BCUT2D eigenvalue weighted by Gasteiger charge is 2.59. The number of allylic oxidation sites excluding steroid dienone is 1. The minimum atomic E-state index is -1.33. The second-order valence-electron chi connectivity index (χ2n) is 32.9. The molecular weight excluding hydrogens is 1500 g/mol. The Labute approximate surface area is 684 Å². The van der Waals surface area contributed by atoms with Crippen LogP contribution in [0.5, 0.6) is 0 Å². The molecule has 0 saturated heterocycles. The Bertz CT molecular complexity index is 4440. The van der Waals surface area contributed by atoms with Gasteiger partial charge in [0.1, 0.15) is 24.7 Å². The van der Waals surface area contributed by atoms with Gasteiger partial charge in [-0.15, -0.1) is 0 Å². The smallest absolute Gasteiger partial charge is 0.408 e. The molecular formula is C89H117N11O17. The molecule has 0 aromatic heterocycles. The number of nitrogen functional groups attached to an aromatic ring is 1. The van der Waals surface area contributed by atoms with Crippen molar-refractivity contribution in [2.24, 2.45) is 34.3 Å². The first-order valence-corrected chi connectivity index (χ1v) is 41.1. The number of carboxylic acid groups (broad SMARTS) is 1. The molecule has 11 amide bonds. The van der Waals surface area contributed by atoms with Crippen LogP contribution in [0.4, 0.5) is 32.3 Å². The molecule has 1 aliphatic heterocycles. The number of fused-ring (bicyclic) bond motifs is 8. The number of anilines is 4. The number of benzene rings is 5. The van der Waals surface area contributed by atoms with Crippen LogP contribution in [-0.4, -0.2) is 155 Å². The molecule has 0 bridgehead atoms. The number of aliphatic carboxylic acids is 1. The number of nitrogens with one attached hydrogen (secondary N) is 8. The molecule has 1 heterocycles. The summed E-state index contributed by atoms with van der Waals surface area (Å²) in [6, 6.07) is 29.5. The summed E-state index contributed by atoms with van der Waals surface area (Å²) in [5.41, 5.74) is 20.5. The molecule has 28 nitrogen and oxygen atoms in total. The van der Waals surface area contributed by atoms with Gasteiger partial charge in [-0.05, 0) is 193 Å². The van der Waals surface area contributed by atoms with Gasteiger partial charge in [-0.25, -0.2) is 9.59 Å². The van der Waals surface area contributed by atoms with Gasteiger partial charge in [0.15, 0.2) is 0 Å². The van der Waals surface area contributed by atoms with Gasteiger partial charge in [0.25, 0.3) is 0 Å². The number of ether oxygens (including phenoxy) is 5. The largest absolute Gasteiger partial charge is 0.481 e. The van der Waals surface area contributed by atoms with Gasteiger partial charge in [-0.3, -0.25) is 48.5 Å². The molecule has 117 heavy (non-hydrogen) atoms. The van der Waals surface area contributed by atoms with Crippen LogP contribution in [0.15, 0.2) is 109 Å². The quantitative estimate of drug-likeness (QED) is 0.00993. The summed E-state index contributed by atoms with van der Waals surface area (Å²) < 4.78 is 27.9. The van der Waals surface area contributed by atoms with E-state index in [1.54, 1.807) is 49.1 Å². The first-order chi connectivity index (χ1) is 56.0. The zero-order valence-electron chi connectivity index (χ0n) is 68.5. The second kappa shape index (κ2) is 41.0. The number of urea groups is 1. The molecule has 10 rings (SSSR count). The van der Waals surface area contributed by atoms with Crippen LogP contribution in [-0.2, 0) is 104 Å². The van der Waals surface area contributed by atoms with Crippen molar-refractivity contribution in [3.63, 3.8) is 0 Å². The Kier molecular flexibility index (Phi) is 31.1. The van der Waals surface area contributed by atoms with Crippen molar-refractivity contribution in [2.75, 3.05) is 87.2 Å². The SMILES string of the molecule is C/C1=C/c2ccccc2CN(C(=O)CCC(=O)NCCOCCOCCOCCOCCC(=O)N[C@H](C(=O)N[C@@H](CCCNC(N)=O)C(=O)Nc2ccc(COC(=O)N[C@@H](CCC(=O)O)C(=O)Nc3ccc4c(c3)[C@@]3(C)CCC[C@](C)(C(=O)NC(=O)[C@@]5(C)CCC[C@]6(C)c7cc(N)ccc7CC[C@@H]56)[C@@H]3CC4)cc2)C(C)C)c2ccccc21. The van der Waals surface area contributed by atoms with E-state index in [0.717, 1.165) is 77.6 Å². The van der Waals surface area contributed by atoms with Gasteiger partial charge in [0.2, 0.25) is 47.3 Å². The van der Waals surface area contributed by atoms with Crippen LogP contribution in [0, 0.1) is 28.6 Å². The van der Waals surface area contributed by atoms with Crippen LogP contribution in [0.1, 0.15) is 189 Å². The minimum Gasteiger partial charge on any atom is -0.481 e. The summed E-state index contributed by atoms with van der Waals surface area (Å²) in [5, 5.41) is 31.7. The molecule has 5 aromatic carbocycles. The predicted molar refractivity (Wildman–Crippen MR) is 444 cm³/mol. The molecule has 2 saturated carbocycles. The number of alkyl carbamates (subject to hydrolysis) is 1. The Hall–Kier alpha value is -10.6. The Morgan fingerprint density at radius 3 is 1.77 bits per heavy atom. The van der Waals surface area contributed by atoms with Crippen molar-refractivity contribution in [1.82, 2.24) is 31.9 Å². The van der Waals surface area contributed by atoms with Gasteiger partial charge >= 0.3 is 18.1 Å². The maximum atomic E-state index is 14.9. The summed E-state index contributed by atoms with van der Waals surface area (Å²) in [6.45, 7) is 16.3. The average Bonchev–Trinajstić information content (AvgIpc) is 0.721. The molecule has 9 atom stereocenters. The monoisotopic (exact) mass is 1610 g/mol. The number of hydrogen-bond acceptors (Lipinski definition) is 17. The topological polar surface area (TPSA) is 406 Å². The molecule has 2 fully saturated rings. The van der Waals surface area contributed by atoms with E-state index in [1.807, 2.05) is 87.5 Å². The fourth-order valence-electron chi connectivity index (χ4n) is 18.1. The van der Waals surface area contributed by atoms with Gasteiger partial charge in [0, 0.05) is 61.4 Å². The van der Waals surface area contributed by atoms with Crippen molar-refractivity contribution in [3.8, 4) is 0 Å². The van der Waals surface area contributed by atoms with Gasteiger partial charge in [0.05, 0.1) is 75.9 Å². The molecule has 0 radical (unpaired) electrons. The molecule has 5 aromatic rings. The van der Waals surface area contributed by atoms with Gasteiger partial charge < -0.3 is 82.4 Å². The van der Waals surface area contributed by atoms with E-state index >= 15 is 0 Å². The number of nitrogens with two attached hydrogens (primary N) is 2. The third-order valence-electron chi connectivity index (χ3n) is 24.4. The number of aryl methyl sites for hydroxylation is 2. The number of amides is 11. The number of nitrogens with zero attached hydrogens (tertiary/aromatic N) is 1. The van der Waals surface area contributed by atoms with E-state index in [0.29, 0.717) is 74.7 Å². The number of para-hydroxylation sites is 1. The van der Waals surface area contributed by atoms with Crippen molar-refractivity contribution >= 4 is 99.7 Å². The lowest BCUT2D eigenvalue weighted by atomic mass is 9.49. The maximum absolute atomic E-state index is 14.9. The number of imide groups is 1. The lowest BCUT2D eigenvalue weighted by Gasteiger charge is -2.56. The predicted octanol–water partition coefficient (Wildman–Crippen LogP) is 10.2. The van der Waals surface area contributed by atoms with E-state index in [-0.39, 0.29) is 132 Å². The van der Waals surface area contributed by atoms with Crippen molar-refractivity contribution < 1.29 is 81.5 Å². The first kappa shape index (κ1) is 88.8. The van der Waals surface area contributed by atoms with Crippen molar-refractivity contribution in [2.45, 2.75) is 200 Å². The molecule has 630 valence electrons. The fourth-order valence-corrected chi connectivity index (χ4v) is 18.1. The summed E-state index contributed by atoms with van der Waals surface area (Å²) in [5.74, 6) is -4.96. The zero-order valence-corrected chi connectivity index (χ0v) is 68.5. The normalized spacial score (nSPS) is 21.5. The lowest BCUT2D eigenvalue weighted by molar-refractivity contribution is -0.150. The highest BCUT2D eigenvalue weighted by Crippen LogP contribution is 2.60. The van der Waals surface area contributed by atoms with Crippen LogP contribution in [0.2, 0.25) is 0 Å². The summed E-state index contributed by atoms with van der Waals surface area (Å²) in [7, 11) is 0. The Balaban J connectivity index is 0.616. The van der Waals surface area contributed by atoms with Crippen LogP contribution in [0.3, 0.4) is 0 Å². The third-order valence-corrected chi connectivity index (χ3v) is 24.4. The first-order valence-electron chi connectivity index (χ1n) is 41.1. The number of primary amides is 1. The minimum absolute atomic E-state index is 0.0206. The molecule has 4 aliphatic carbocycles. The maximum Gasteiger partial charge on any atom is 0.408 e. The zero-order chi connectivity index (χ0) is 84.0.